The maximum atomic E-state index is 11.9. The summed E-state index contributed by atoms with van der Waals surface area (Å²) < 4.78 is 1.31. The molecular formula is C11H16ClN3O2. The number of nitrogens with two attached hydrogens (primary N) is 1. The molecule has 3 N–H and O–H groups in total. The summed E-state index contributed by atoms with van der Waals surface area (Å²) >= 11 is 5.82. The van der Waals surface area contributed by atoms with Crippen LogP contribution in [0.1, 0.15) is 13.8 Å². The van der Waals surface area contributed by atoms with Crippen LogP contribution in [0.3, 0.4) is 0 Å². The second kappa shape index (κ2) is 5.33. The van der Waals surface area contributed by atoms with E-state index in [1.165, 1.54) is 22.9 Å². The lowest BCUT2D eigenvalue weighted by atomic mass is 10.0. The number of nitrogens with zero attached hydrogens (tertiary/aromatic N) is 1. The van der Waals surface area contributed by atoms with Crippen LogP contribution in [0.5, 0.6) is 0 Å². The minimum absolute atomic E-state index is 0.271. The smallest absolute Gasteiger partial charge is 0.251 e. The van der Waals surface area contributed by atoms with E-state index in [-0.39, 0.29) is 11.5 Å². The normalized spacial score (nSPS) is 11.3. The van der Waals surface area contributed by atoms with Gasteiger partial charge >= 0.3 is 0 Å². The number of hydrogen-bond donors (Lipinski definition) is 2. The highest BCUT2D eigenvalue weighted by atomic mass is 35.5. The zero-order valence-electron chi connectivity index (χ0n) is 9.87. The van der Waals surface area contributed by atoms with Gasteiger partial charge in [-0.25, -0.2) is 0 Å². The first-order chi connectivity index (χ1) is 7.89. The van der Waals surface area contributed by atoms with E-state index in [0.29, 0.717) is 18.1 Å². The predicted molar refractivity (Wildman–Crippen MR) is 67.1 cm³/mol. The topological polar surface area (TPSA) is 77.1 Å². The van der Waals surface area contributed by atoms with Crippen LogP contribution < -0.4 is 16.6 Å². The van der Waals surface area contributed by atoms with Crippen LogP contribution in [-0.2, 0) is 10.3 Å². The van der Waals surface area contributed by atoms with Crippen molar-refractivity contribution in [3.8, 4) is 0 Å². The maximum Gasteiger partial charge on any atom is 0.251 e. The van der Waals surface area contributed by atoms with Gasteiger partial charge in [-0.3, -0.25) is 14.2 Å². The van der Waals surface area contributed by atoms with Gasteiger partial charge in [0, 0.05) is 25.4 Å². The summed E-state index contributed by atoms with van der Waals surface area (Å²) in [4.78, 5) is 23.6. The molecule has 0 aliphatic carbocycles. The van der Waals surface area contributed by atoms with E-state index >= 15 is 0 Å². The van der Waals surface area contributed by atoms with E-state index in [4.69, 9.17) is 17.3 Å². The van der Waals surface area contributed by atoms with Crippen molar-refractivity contribution in [3.63, 3.8) is 0 Å². The molecule has 1 heterocycles. The number of aromatic nitrogens is 1. The van der Waals surface area contributed by atoms with E-state index in [1.54, 1.807) is 13.8 Å². The Morgan fingerprint density at radius 1 is 1.53 bits per heavy atom. The summed E-state index contributed by atoms with van der Waals surface area (Å²) in [6.45, 7) is 4.02. The van der Waals surface area contributed by atoms with Gasteiger partial charge in [0.2, 0.25) is 5.91 Å². The van der Waals surface area contributed by atoms with Crippen LogP contribution in [-0.4, -0.2) is 23.6 Å². The molecule has 0 aliphatic rings. The Bertz CT molecular complexity index is 468. The Hall–Kier alpha value is -1.33. The van der Waals surface area contributed by atoms with Crippen LogP contribution in [0.15, 0.2) is 23.1 Å². The molecule has 0 spiro atoms. The van der Waals surface area contributed by atoms with Crippen molar-refractivity contribution in [1.82, 2.24) is 9.88 Å². The Labute approximate surface area is 105 Å². The van der Waals surface area contributed by atoms with Gasteiger partial charge < -0.3 is 11.1 Å². The molecular weight excluding hydrogens is 242 g/mol. The van der Waals surface area contributed by atoms with Crippen molar-refractivity contribution < 1.29 is 4.79 Å². The SMILES string of the molecule is CC(C)(C(=O)NCCN)n1cc(Cl)ccc1=O. The van der Waals surface area contributed by atoms with Gasteiger partial charge in [-0.1, -0.05) is 11.6 Å². The average molecular weight is 258 g/mol. The van der Waals surface area contributed by atoms with Crippen LogP contribution in [0.2, 0.25) is 5.02 Å². The number of amides is 1. The zero-order chi connectivity index (χ0) is 13.1. The van der Waals surface area contributed by atoms with Crippen LogP contribution >= 0.6 is 11.6 Å². The summed E-state index contributed by atoms with van der Waals surface area (Å²) in [5, 5.41) is 3.06. The Morgan fingerprint density at radius 2 is 2.18 bits per heavy atom. The average Bonchev–Trinajstić information content (AvgIpc) is 2.28. The lowest BCUT2D eigenvalue weighted by Gasteiger charge is -2.26. The fourth-order valence-corrected chi connectivity index (χ4v) is 1.57. The minimum atomic E-state index is -1.00. The molecule has 0 fully saturated rings. The van der Waals surface area contributed by atoms with Crippen molar-refractivity contribution >= 4 is 17.5 Å². The number of hydrogen-bond acceptors (Lipinski definition) is 3. The highest BCUT2D eigenvalue weighted by Crippen LogP contribution is 2.15. The number of nitrogens with one attached hydrogen (secondary N) is 1. The number of rotatable bonds is 4. The number of carbonyl (C=O) groups is 1. The Balaban J connectivity index is 3.07. The zero-order valence-corrected chi connectivity index (χ0v) is 10.6. The van der Waals surface area contributed by atoms with Gasteiger partial charge in [-0.05, 0) is 19.9 Å². The third-order valence-electron chi connectivity index (χ3n) is 2.46. The summed E-state index contributed by atoms with van der Waals surface area (Å²) in [7, 11) is 0. The van der Waals surface area contributed by atoms with Crippen molar-refractivity contribution in [3.05, 3.63) is 33.7 Å². The van der Waals surface area contributed by atoms with Gasteiger partial charge in [-0.15, -0.1) is 0 Å². The molecule has 0 aromatic carbocycles. The van der Waals surface area contributed by atoms with Gasteiger partial charge in [0.15, 0.2) is 0 Å². The summed E-state index contributed by atoms with van der Waals surface area (Å²) in [5.74, 6) is -0.271. The van der Waals surface area contributed by atoms with Crippen molar-refractivity contribution in [1.29, 1.82) is 0 Å². The minimum Gasteiger partial charge on any atom is -0.353 e. The van der Waals surface area contributed by atoms with E-state index in [2.05, 4.69) is 5.32 Å². The molecule has 5 nitrogen and oxygen atoms in total. The molecule has 1 aromatic rings. The fraction of sp³-hybridized carbons (Fsp3) is 0.455. The molecule has 0 radical (unpaired) electrons. The summed E-state index contributed by atoms with van der Waals surface area (Å²) in [6.07, 6.45) is 1.45. The molecule has 1 aromatic heterocycles. The van der Waals surface area contributed by atoms with Gasteiger partial charge in [0.1, 0.15) is 5.54 Å². The largest absolute Gasteiger partial charge is 0.353 e. The van der Waals surface area contributed by atoms with E-state index in [9.17, 15) is 9.59 Å². The molecule has 1 rings (SSSR count). The monoisotopic (exact) mass is 257 g/mol. The van der Waals surface area contributed by atoms with Crippen molar-refractivity contribution in [2.75, 3.05) is 13.1 Å². The molecule has 0 saturated carbocycles. The molecule has 17 heavy (non-hydrogen) atoms. The molecule has 6 heteroatoms. The molecule has 1 amide bonds. The van der Waals surface area contributed by atoms with Gasteiger partial charge in [0.25, 0.3) is 5.56 Å². The van der Waals surface area contributed by atoms with E-state index in [0.717, 1.165) is 0 Å². The number of halogens is 1. The number of pyridine rings is 1. The quantitative estimate of drug-likeness (QED) is 0.815. The van der Waals surface area contributed by atoms with Gasteiger partial charge in [0.05, 0.1) is 5.02 Å². The molecule has 0 unspecified atom stereocenters. The third kappa shape index (κ3) is 3.08. The third-order valence-corrected chi connectivity index (χ3v) is 2.69. The summed E-state index contributed by atoms with van der Waals surface area (Å²) in [5.41, 5.74) is 4.03. The number of carbonyl (C=O) groups excluding carboxylic acids is 1. The van der Waals surface area contributed by atoms with Crippen LogP contribution in [0.4, 0.5) is 0 Å². The molecule has 0 atom stereocenters. The maximum absolute atomic E-state index is 11.9. The first-order valence-corrected chi connectivity index (χ1v) is 5.64. The molecule has 0 aliphatic heterocycles. The molecule has 94 valence electrons. The Morgan fingerprint density at radius 3 is 2.76 bits per heavy atom. The fourth-order valence-electron chi connectivity index (χ4n) is 1.41. The molecule has 0 saturated heterocycles. The summed E-state index contributed by atoms with van der Waals surface area (Å²) in [6, 6.07) is 2.83. The van der Waals surface area contributed by atoms with E-state index in [1.807, 2.05) is 0 Å². The molecule has 0 bridgehead atoms. The van der Waals surface area contributed by atoms with Crippen molar-refractivity contribution in [2.24, 2.45) is 5.73 Å². The first-order valence-electron chi connectivity index (χ1n) is 5.26. The highest BCUT2D eigenvalue weighted by molar-refractivity contribution is 6.30. The Kier molecular flexibility index (Phi) is 4.31. The van der Waals surface area contributed by atoms with Gasteiger partial charge in [-0.2, -0.15) is 0 Å². The standard InChI is InChI=1S/C11H16ClN3O2/c1-11(2,10(17)14-6-5-13)15-7-8(12)3-4-9(15)16/h3-4,7H,5-6,13H2,1-2H3,(H,14,17). The lowest BCUT2D eigenvalue weighted by molar-refractivity contribution is -0.128. The van der Waals surface area contributed by atoms with Crippen LogP contribution in [0, 0.1) is 0 Å². The van der Waals surface area contributed by atoms with Crippen molar-refractivity contribution in [2.45, 2.75) is 19.4 Å². The highest BCUT2D eigenvalue weighted by Gasteiger charge is 2.30. The second-order valence-electron chi connectivity index (χ2n) is 4.16. The lowest BCUT2D eigenvalue weighted by Crippen LogP contribution is -2.49. The van der Waals surface area contributed by atoms with E-state index < -0.39 is 5.54 Å². The first kappa shape index (κ1) is 13.7. The van der Waals surface area contributed by atoms with Crippen LogP contribution in [0.25, 0.3) is 0 Å². The second-order valence-corrected chi connectivity index (χ2v) is 4.60. The predicted octanol–water partition coefficient (Wildman–Crippen LogP) is 0.312.